The van der Waals surface area contributed by atoms with E-state index in [0.717, 1.165) is 32.5 Å². The van der Waals surface area contributed by atoms with Crippen molar-refractivity contribution in [1.29, 1.82) is 0 Å². The van der Waals surface area contributed by atoms with E-state index < -0.39 is 0 Å². The fourth-order valence-electron chi connectivity index (χ4n) is 0.463. The van der Waals surface area contributed by atoms with Crippen LogP contribution in [-0.2, 0) is 4.74 Å². The zero-order valence-corrected chi connectivity index (χ0v) is 6.49. The topological polar surface area (TPSA) is 9.23 Å². The quantitative estimate of drug-likeness (QED) is 0.416. The minimum absolute atomic E-state index is 0.699. The van der Waals surface area contributed by atoms with E-state index in [1.165, 1.54) is 0 Å². The normalized spacial score (nSPS) is 10.0. The van der Waals surface area contributed by atoms with Gasteiger partial charge in [-0.15, -0.1) is 11.6 Å². The zero-order valence-electron chi connectivity index (χ0n) is 5.74. The second kappa shape index (κ2) is 8.25. The highest BCUT2D eigenvalue weighted by Gasteiger charge is 1.85. The van der Waals surface area contributed by atoms with Crippen molar-refractivity contribution in [2.24, 2.45) is 0 Å². The number of alkyl halides is 1. The van der Waals surface area contributed by atoms with Crippen LogP contribution in [0.25, 0.3) is 0 Å². The van der Waals surface area contributed by atoms with Crippen molar-refractivity contribution in [3.63, 3.8) is 0 Å². The summed E-state index contributed by atoms with van der Waals surface area (Å²) < 4.78 is 5.19. The third kappa shape index (κ3) is 8.25. The molecule has 0 amide bonds. The SMILES string of the molecule is [CH2]CCCOCCCCl. The number of hydrogen-bond acceptors (Lipinski definition) is 1. The maximum Gasteiger partial charge on any atom is 0.0477 e. The molecule has 0 aromatic heterocycles. The Bertz CT molecular complexity index is 42.2. The molecular weight excluding hydrogens is 136 g/mol. The smallest absolute Gasteiger partial charge is 0.0477 e. The van der Waals surface area contributed by atoms with Gasteiger partial charge in [0.25, 0.3) is 0 Å². The Hall–Kier alpha value is 0.250. The highest BCUT2D eigenvalue weighted by Crippen LogP contribution is 1.90. The van der Waals surface area contributed by atoms with Gasteiger partial charge in [-0.2, -0.15) is 0 Å². The van der Waals surface area contributed by atoms with Crippen molar-refractivity contribution in [1.82, 2.24) is 0 Å². The van der Waals surface area contributed by atoms with Gasteiger partial charge in [-0.3, -0.25) is 0 Å². The Morgan fingerprint density at radius 1 is 1.22 bits per heavy atom. The molecule has 0 unspecified atom stereocenters. The molecule has 0 aliphatic carbocycles. The summed E-state index contributed by atoms with van der Waals surface area (Å²) in [4.78, 5) is 0. The van der Waals surface area contributed by atoms with Crippen molar-refractivity contribution in [3.05, 3.63) is 6.92 Å². The molecule has 1 nitrogen and oxygen atoms in total. The lowest BCUT2D eigenvalue weighted by Gasteiger charge is -1.99. The highest BCUT2D eigenvalue weighted by molar-refractivity contribution is 6.17. The maximum absolute atomic E-state index is 5.42. The first-order chi connectivity index (χ1) is 4.41. The van der Waals surface area contributed by atoms with Gasteiger partial charge in [-0.25, -0.2) is 0 Å². The second-order valence-electron chi connectivity index (χ2n) is 1.86. The van der Waals surface area contributed by atoms with Crippen LogP contribution in [0.4, 0.5) is 0 Å². The van der Waals surface area contributed by atoms with E-state index in [0.29, 0.717) is 5.88 Å². The summed E-state index contributed by atoms with van der Waals surface area (Å²) in [6, 6.07) is 0. The van der Waals surface area contributed by atoms with E-state index in [4.69, 9.17) is 16.3 Å². The Morgan fingerprint density at radius 3 is 2.44 bits per heavy atom. The lowest BCUT2D eigenvalue weighted by molar-refractivity contribution is 0.133. The number of halogens is 1. The van der Waals surface area contributed by atoms with E-state index in [1.807, 2.05) is 0 Å². The molecule has 0 bridgehead atoms. The average Bonchev–Trinajstić information content (AvgIpc) is 1.89. The first-order valence-corrected chi connectivity index (χ1v) is 3.88. The van der Waals surface area contributed by atoms with E-state index in [2.05, 4.69) is 6.92 Å². The summed E-state index contributed by atoms with van der Waals surface area (Å²) in [5.41, 5.74) is 0. The number of ether oxygens (including phenoxy) is 1. The van der Waals surface area contributed by atoms with Crippen LogP contribution in [0, 0.1) is 6.92 Å². The summed E-state index contributed by atoms with van der Waals surface area (Å²) in [5, 5.41) is 0. The fourth-order valence-corrected chi connectivity index (χ4v) is 0.572. The van der Waals surface area contributed by atoms with E-state index in [9.17, 15) is 0 Å². The lowest BCUT2D eigenvalue weighted by atomic mass is 10.4. The van der Waals surface area contributed by atoms with Crippen LogP contribution in [0.5, 0.6) is 0 Å². The van der Waals surface area contributed by atoms with Crippen LogP contribution in [0.2, 0.25) is 0 Å². The third-order valence-electron chi connectivity index (χ3n) is 0.961. The Labute approximate surface area is 62.3 Å². The predicted molar refractivity (Wildman–Crippen MR) is 40.7 cm³/mol. The Morgan fingerprint density at radius 2 is 1.89 bits per heavy atom. The molecule has 0 saturated heterocycles. The predicted octanol–water partition coefficient (Wildman–Crippen LogP) is 2.25. The number of rotatable bonds is 6. The molecule has 0 rings (SSSR count). The second-order valence-corrected chi connectivity index (χ2v) is 2.24. The minimum Gasteiger partial charge on any atom is -0.381 e. The van der Waals surface area contributed by atoms with Crippen molar-refractivity contribution in [2.75, 3.05) is 19.1 Å². The van der Waals surface area contributed by atoms with Gasteiger partial charge in [-0.05, 0) is 12.8 Å². The molecule has 0 N–H and O–H groups in total. The van der Waals surface area contributed by atoms with E-state index >= 15 is 0 Å². The Kier molecular flexibility index (Phi) is 8.48. The molecule has 9 heavy (non-hydrogen) atoms. The van der Waals surface area contributed by atoms with Gasteiger partial charge in [0.2, 0.25) is 0 Å². The molecule has 0 heterocycles. The number of unbranched alkanes of at least 4 members (excludes halogenated alkanes) is 1. The van der Waals surface area contributed by atoms with Gasteiger partial charge >= 0.3 is 0 Å². The van der Waals surface area contributed by atoms with Crippen molar-refractivity contribution in [3.8, 4) is 0 Å². The highest BCUT2D eigenvalue weighted by atomic mass is 35.5. The summed E-state index contributed by atoms with van der Waals surface area (Å²) in [6.07, 6.45) is 2.97. The van der Waals surface area contributed by atoms with Gasteiger partial charge < -0.3 is 4.74 Å². The number of hydrogen-bond donors (Lipinski definition) is 0. The van der Waals surface area contributed by atoms with Crippen LogP contribution in [0.1, 0.15) is 19.3 Å². The van der Waals surface area contributed by atoms with Gasteiger partial charge in [-0.1, -0.05) is 13.3 Å². The summed E-state index contributed by atoms with van der Waals surface area (Å²) in [7, 11) is 0. The van der Waals surface area contributed by atoms with Crippen LogP contribution in [0.15, 0.2) is 0 Å². The molecule has 2 heteroatoms. The van der Waals surface area contributed by atoms with Gasteiger partial charge in [0.05, 0.1) is 0 Å². The fraction of sp³-hybridized carbons (Fsp3) is 0.857. The summed E-state index contributed by atoms with van der Waals surface area (Å²) >= 11 is 5.42. The van der Waals surface area contributed by atoms with Crippen LogP contribution in [0.3, 0.4) is 0 Å². The molecule has 0 aromatic carbocycles. The van der Waals surface area contributed by atoms with Crippen LogP contribution >= 0.6 is 11.6 Å². The van der Waals surface area contributed by atoms with Crippen LogP contribution in [-0.4, -0.2) is 19.1 Å². The Balaban J connectivity index is 2.60. The standard InChI is InChI=1S/C7H14ClO/c1-2-3-6-9-7-4-5-8/h1-7H2. The molecular formula is C7H14ClO. The monoisotopic (exact) mass is 149 g/mol. The first kappa shape index (κ1) is 9.25. The minimum atomic E-state index is 0.699. The van der Waals surface area contributed by atoms with Gasteiger partial charge in [0.15, 0.2) is 0 Å². The third-order valence-corrected chi connectivity index (χ3v) is 1.23. The molecule has 0 aromatic rings. The van der Waals surface area contributed by atoms with Gasteiger partial charge in [0.1, 0.15) is 0 Å². The van der Waals surface area contributed by atoms with Crippen molar-refractivity contribution >= 4 is 11.6 Å². The first-order valence-electron chi connectivity index (χ1n) is 3.34. The molecule has 0 saturated carbocycles. The van der Waals surface area contributed by atoms with Gasteiger partial charge in [0, 0.05) is 19.1 Å². The summed E-state index contributed by atoms with van der Waals surface area (Å²) in [6.45, 7) is 5.33. The average molecular weight is 150 g/mol. The molecule has 0 aliphatic rings. The van der Waals surface area contributed by atoms with Crippen molar-refractivity contribution in [2.45, 2.75) is 19.3 Å². The largest absolute Gasteiger partial charge is 0.381 e. The maximum atomic E-state index is 5.42. The summed E-state index contributed by atoms with van der Waals surface area (Å²) in [5.74, 6) is 0.699. The molecule has 0 aliphatic heterocycles. The molecule has 0 spiro atoms. The van der Waals surface area contributed by atoms with E-state index in [1.54, 1.807) is 0 Å². The van der Waals surface area contributed by atoms with Crippen LogP contribution < -0.4 is 0 Å². The molecule has 55 valence electrons. The molecule has 1 radical (unpaired) electrons. The van der Waals surface area contributed by atoms with E-state index in [-0.39, 0.29) is 0 Å². The molecule has 0 fully saturated rings. The zero-order chi connectivity index (χ0) is 6.95. The lowest BCUT2D eigenvalue weighted by Crippen LogP contribution is -1.96. The van der Waals surface area contributed by atoms with Crippen molar-refractivity contribution < 1.29 is 4.74 Å². The molecule has 0 atom stereocenters.